The minimum absolute atomic E-state index is 0.141. The number of hydrogen-bond donors (Lipinski definition) is 1. The van der Waals surface area contributed by atoms with Crippen molar-refractivity contribution in [2.45, 2.75) is 32.7 Å². The van der Waals surface area contributed by atoms with Crippen LogP contribution in [0.1, 0.15) is 41.8 Å². The van der Waals surface area contributed by atoms with E-state index in [9.17, 15) is 14.7 Å². The number of pyridine rings is 1. The molecule has 3 rings (SSSR count). The molecule has 0 spiro atoms. The molecule has 6 heteroatoms. The number of unbranched alkanes of at least 4 members (excludes halogenated alkanes) is 1. The van der Waals surface area contributed by atoms with Crippen LogP contribution in [-0.4, -0.2) is 33.2 Å². The molecule has 0 aliphatic carbocycles. The quantitative estimate of drug-likeness (QED) is 0.504. The Bertz CT molecular complexity index is 826. The summed E-state index contributed by atoms with van der Waals surface area (Å²) in [5.41, 5.74) is 1.67. The molecule has 5 nitrogen and oxygen atoms in total. The molecule has 1 amide bonds. The van der Waals surface area contributed by atoms with E-state index in [1.54, 1.807) is 29.4 Å². The second-order valence-corrected chi connectivity index (χ2v) is 7.00. The van der Waals surface area contributed by atoms with Crippen molar-refractivity contribution in [3.63, 3.8) is 0 Å². The Morgan fingerprint density at radius 3 is 2.60 bits per heavy atom. The maximum Gasteiger partial charge on any atom is 0.295 e. The van der Waals surface area contributed by atoms with E-state index in [2.05, 4.69) is 4.98 Å². The van der Waals surface area contributed by atoms with Gasteiger partial charge in [0.2, 0.25) is 0 Å². The lowest BCUT2D eigenvalue weighted by atomic mass is 9.99. The van der Waals surface area contributed by atoms with Gasteiger partial charge in [-0.2, -0.15) is 0 Å². The number of carbonyl (C=O) groups excluding carboxylic acids is 2. The van der Waals surface area contributed by atoms with Gasteiger partial charge in [-0.25, -0.2) is 0 Å². The van der Waals surface area contributed by atoms with Crippen molar-refractivity contribution in [1.29, 1.82) is 0 Å². The third kappa shape index (κ3) is 3.09. The Morgan fingerprint density at radius 1 is 1.28 bits per heavy atom. The van der Waals surface area contributed by atoms with Crippen molar-refractivity contribution < 1.29 is 14.7 Å². The van der Waals surface area contributed by atoms with Crippen molar-refractivity contribution in [1.82, 2.24) is 9.88 Å². The van der Waals surface area contributed by atoms with Crippen LogP contribution >= 0.6 is 11.3 Å². The first-order chi connectivity index (χ1) is 12.1. The maximum atomic E-state index is 12.7. The minimum Gasteiger partial charge on any atom is -0.507 e. The summed E-state index contributed by atoms with van der Waals surface area (Å²) < 4.78 is 0. The highest BCUT2D eigenvalue weighted by atomic mass is 32.1. The van der Waals surface area contributed by atoms with Crippen LogP contribution < -0.4 is 0 Å². The highest BCUT2D eigenvalue weighted by Gasteiger charge is 2.46. The minimum atomic E-state index is -0.622. The molecular formula is C19H20N2O3S. The van der Waals surface area contributed by atoms with Gasteiger partial charge in [0.15, 0.2) is 0 Å². The summed E-state index contributed by atoms with van der Waals surface area (Å²) in [7, 11) is 0. The molecule has 1 unspecified atom stereocenters. The largest absolute Gasteiger partial charge is 0.507 e. The number of aromatic nitrogens is 1. The molecule has 1 aliphatic heterocycles. The molecule has 2 aromatic rings. The zero-order valence-corrected chi connectivity index (χ0v) is 15.0. The summed E-state index contributed by atoms with van der Waals surface area (Å²) in [4.78, 5) is 31.7. The first kappa shape index (κ1) is 17.4. The zero-order chi connectivity index (χ0) is 18.0. The molecule has 1 atom stereocenters. The third-order valence-corrected chi connectivity index (χ3v) is 5.47. The maximum absolute atomic E-state index is 12.7. The van der Waals surface area contributed by atoms with Gasteiger partial charge in [-0.15, -0.1) is 11.3 Å². The number of ketones is 1. The third-order valence-electron chi connectivity index (χ3n) is 4.40. The van der Waals surface area contributed by atoms with Crippen LogP contribution in [0.4, 0.5) is 0 Å². The summed E-state index contributed by atoms with van der Waals surface area (Å²) in [5.74, 6) is -1.30. The standard InChI is InChI=1S/C19H20N2O3S/c1-3-4-10-21-15(18-12(2)7-11-25-18)14(17(23)19(21)24)16(22)13-5-8-20-9-6-13/h5-9,11,15,22H,3-4,10H2,1-2H3/b16-14-. The lowest BCUT2D eigenvalue weighted by Crippen LogP contribution is -2.30. The average molecular weight is 356 g/mol. The van der Waals surface area contributed by atoms with Crippen molar-refractivity contribution in [3.05, 3.63) is 57.6 Å². The normalized spacial score (nSPS) is 19.6. The molecule has 2 aromatic heterocycles. The van der Waals surface area contributed by atoms with Crippen LogP contribution in [0, 0.1) is 6.92 Å². The number of likely N-dealkylation sites (tertiary alicyclic amines) is 1. The summed E-state index contributed by atoms with van der Waals surface area (Å²) >= 11 is 1.50. The van der Waals surface area contributed by atoms with E-state index < -0.39 is 17.7 Å². The van der Waals surface area contributed by atoms with E-state index in [1.807, 2.05) is 25.3 Å². The van der Waals surface area contributed by atoms with Crippen molar-refractivity contribution in [2.75, 3.05) is 6.54 Å². The lowest BCUT2D eigenvalue weighted by molar-refractivity contribution is -0.139. The number of rotatable bonds is 5. The van der Waals surface area contributed by atoms with E-state index >= 15 is 0 Å². The summed E-state index contributed by atoms with van der Waals surface area (Å²) in [6.45, 7) is 4.49. The number of thiophene rings is 1. The van der Waals surface area contributed by atoms with Gasteiger partial charge in [-0.05, 0) is 42.5 Å². The summed E-state index contributed by atoms with van der Waals surface area (Å²) in [5, 5.41) is 12.7. The van der Waals surface area contributed by atoms with Crippen LogP contribution in [0.5, 0.6) is 0 Å². The van der Waals surface area contributed by atoms with Crippen LogP contribution in [0.25, 0.3) is 5.76 Å². The molecule has 0 saturated carbocycles. The fourth-order valence-corrected chi connectivity index (χ4v) is 4.09. The monoisotopic (exact) mass is 356 g/mol. The molecule has 130 valence electrons. The van der Waals surface area contributed by atoms with E-state index in [0.717, 1.165) is 23.3 Å². The highest BCUT2D eigenvalue weighted by Crippen LogP contribution is 2.42. The van der Waals surface area contributed by atoms with Crippen LogP contribution in [-0.2, 0) is 9.59 Å². The van der Waals surface area contributed by atoms with Crippen molar-refractivity contribution in [3.8, 4) is 0 Å². The van der Waals surface area contributed by atoms with E-state index in [0.29, 0.717) is 12.1 Å². The predicted molar refractivity (Wildman–Crippen MR) is 97.2 cm³/mol. The summed E-state index contributed by atoms with van der Waals surface area (Å²) in [6.07, 6.45) is 4.83. The number of Topliss-reactive ketones (excluding diaryl/α,β-unsaturated/α-hetero) is 1. The second-order valence-electron chi connectivity index (χ2n) is 6.05. The molecule has 1 aliphatic rings. The second kappa shape index (κ2) is 7.19. The number of aryl methyl sites for hydroxylation is 1. The number of nitrogens with zero attached hydrogens (tertiary/aromatic N) is 2. The number of aliphatic hydroxyl groups excluding tert-OH is 1. The number of aliphatic hydroxyl groups is 1. The van der Waals surface area contributed by atoms with Crippen LogP contribution in [0.15, 0.2) is 41.5 Å². The van der Waals surface area contributed by atoms with Gasteiger partial charge >= 0.3 is 0 Å². The first-order valence-corrected chi connectivity index (χ1v) is 9.17. The Kier molecular flexibility index (Phi) is 4.99. The molecule has 0 radical (unpaired) electrons. The fraction of sp³-hybridized carbons (Fsp3) is 0.316. The van der Waals surface area contributed by atoms with Gasteiger partial charge in [0.1, 0.15) is 5.76 Å². The Morgan fingerprint density at radius 2 is 2.00 bits per heavy atom. The highest BCUT2D eigenvalue weighted by molar-refractivity contribution is 7.10. The predicted octanol–water partition coefficient (Wildman–Crippen LogP) is 3.67. The Labute approximate surface area is 150 Å². The zero-order valence-electron chi connectivity index (χ0n) is 14.2. The van der Waals surface area contributed by atoms with Gasteiger partial charge in [-0.3, -0.25) is 14.6 Å². The summed E-state index contributed by atoms with van der Waals surface area (Å²) in [6, 6.07) is 4.70. The molecule has 1 N–H and O–H groups in total. The molecule has 0 aromatic carbocycles. The van der Waals surface area contributed by atoms with Gasteiger partial charge in [-0.1, -0.05) is 13.3 Å². The Balaban J connectivity index is 2.16. The van der Waals surface area contributed by atoms with Crippen molar-refractivity contribution >= 4 is 28.8 Å². The molecule has 0 bridgehead atoms. The lowest BCUT2D eigenvalue weighted by Gasteiger charge is -2.24. The van der Waals surface area contributed by atoms with E-state index in [4.69, 9.17) is 0 Å². The average Bonchev–Trinajstić information content (AvgIpc) is 3.15. The number of carbonyl (C=O) groups is 2. The molecule has 1 fully saturated rings. The van der Waals surface area contributed by atoms with Crippen LogP contribution in [0.2, 0.25) is 0 Å². The van der Waals surface area contributed by atoms with E-state index in [-0.39, 0.29) is 11.3 Å². The van der Waals surface area contributed by atoms with Crippen LogP contribution in [0.3, 0.4) is 0 Å². The fourth-order valence-electron chi connectivity index (χ4n) is 3.04. The molecule has 3 heterocycles. The van der Waals surface area contributed by atoms with Gasteiger partial charge in [0, 0.05) is 29.4 Å². The first-order valence-electron chi connectivity index (χ1n) is 8.29. The molecule has 1 saturated heterocycles. The topological polar surface area (TPSA) is 70.5 Å². The SMILES string of the molecule is CCCCN1C(=O)C(=O)/C(=C(\O)c2ccncc2)C1c1sccc1C. The number of hydrogen-bond acceptors (Lipinski definition) is 5. The van der Waals surface area contributed by atoms with Gasteiger partial charge in [0.25, 0.3) is 11.7 Å². The van der Waals surface area contributed by atoms with Crippen molar-refractivity contribution in [2.24, 2.45) is 0 Å². The number of amides is 1. The molecule has 25 heavy (non-hydrogen) atoms. The Hall–Kier alpha value is -2.47. The smallest absolute Gasteiger partial charge is 0.295 e. The van der Waals surface area contributed by atoms with Gasteiger partial charge < -0.3 is 10.0 Å². The van der Waals surface area contributed by atoms with Gasteiger partial charge in [0.05, 0.1) is 11.6 Å². The molecular weight excluding hydrogens is 336 g/mol. The van der Waals surface area contributed by atoms with E-state index in [1.165, 1.54) is 11.3 Å².